The van der Waals surface area contributed by atoms with Gasteiger partial charge in [0.1, 0.15) is 11.8 Å². The number of nitrogens with zero attached hydrogens (tertiary/aromatic N) is 2. The van der Waals surface area contributed by atoms with Crippen molar-refractivity contribution in [3.8, 4) is 0 Å². The van der Waals surface area contributed by atoms with E-state index in [1.807, 2.05) is 0 Å². The molecule has 2 N–H and O–H groups in total. The van der Waals surface area contributed by atoms with Crippen LogP contribution in [0.25, 0.3) is 0 Å². The number of aromatic nitrogens is 1. The number of hydrogen-bond acceptors (Lipinski definition) is 5. The zero-order chi connectivity index (χ0) is 13.3. The minimum absolute atomic E-state index is 0.101. The largest absolute Gasteiger partial charge is 0.364 e. The average Bonchev–Trinajstić information content (AvgIpc) is 2.99. The van der Waals surface area contributed by atoms with Crippen LogP contribution in [-0.4, -0.2) is 47.2 Å². The first-order chi connectivity index (χ1) is 9.21. The Kier molecular flexibility index (Phi) is 2.98. The molecule has 102 valence electrons. The molecule has 0 bridgehead atoms. The standard InChI is InChI=1S/C12H16N4O3/c17-10-12(2-4-13-5-3-12)15-11(18)16(10)6-1-9-7-14-19-8-9/h7-8,13H,1-6H2,(H,15,18). The molecule has 2 aliphatic rings. The first-order valence-corrected chi connectivity index (χ1v) is 6.44. The molecular weight excluding hydrogens is 248 g/mol. The summed E-state index contributed by atoms with van der Waals surface area (Å²) in [6, 6.07) is -0.289. The number of imide groups is 1. The monoisotopic (exact) mass is 264 g/mol. The Bertz CT molecular complexity index is 479. The number of amides is 3. The SMILES string of the molecule is O=C1NC2(CCNCC2)C(=O)N1CCc1cnoc1. The van der Waals surface area contributed by atoms with E-state index in [0.29, 0.717) is 25.8 Å². The van der Waals surface area contributed by atoms with E-state index in [1.165, 1.54) is 11.2 Å². The molecular formula is C12H16N4O3. The third kappa shape index (κ3) is 2.10. The van der Waals surface area contributed by atoms with Gasteiger partial charge in [0.25, 0.3) is 5.91 Å². The van der Waals surface area contributed by atoms with Crippen LogP contribution in [0.2, 0.25) is 0 Å². The second-order valence-corrected chi connectivity index (χ2v) is 5.00. The average molecular weight is 264 g/mol. The smallest absolute Gasteiger partial charge is 0.325 e. The van der Waals surface area contributed by atoms with Gasteiger partial charge in [0.2, 0.25) is 0 Å². The lowest BCUT2D eigenvalue weighted by molar-refractivity contribution is -0.132. The summed E-state index contributed by atoms with van der Waals surface area (Å²) in [5.41, 5.74) is 0.198. The number of rotatable bonds is 3. The molecule has 0 atom stereocenters. The maximum Gasteiger partial charge on any atom is 0.325 e. The lowest BCUT2D eigenvalue weighted by Gasteiger charge is -2.31. The summed E-state index contributed by atoms with van der Waals surface area (Å²) in [7, 11) is 0. The van der Waals surface area contributed by atoms with Crippen LogP contribution in [-0.2, 0) is 11.2 Å². The summed E-state index contributed by atoms with van der Waals surface area (Å²) in [6.45, 7) is 1.87. The first-order valence-electron chi connectivity index (χ1n) is 6.44. The fourth-order valence-electron chi connectivity index (χ4n) is 2.66. The highest BCUT2D eigenvalue weighted by Crippen LogP contribution is 2.26. The zero-order valence-electron chi connectivity index (χ0n) is 10.5. The van der Waals surface area contributed by atoms with Crippen molar-refractivity contribution in [1.29, 1.82) is 0 Å². The fourth-order valence-corrected chi connectivity index (χ4v) is 2.66. The van der Waals surface area contributed by atoms with Crippen LogP contribution in [0.15, 0.2) is 17.0 Å². The van der Waals surface area contributed by atoms with Crippen molar-refractivity contribution in [2.24, 2.45) is 0 Å². The molecule has 3 amide bonds. The summed E-state index contributed by atoms with van der Waals surface area (Å²) < 4.78 is 4.73. The number of carbonyl (C=O) groups is 2. The van der Waals surface area contributed by atoms with Crippen LogP contribution in [0.4, 0.5) is 4.79 Å². The second kappa shape index (κ2) is 4.65. The molecule has 3 heterocycles. The van der Waals surface area contributed by atoms with Gasteiger partial charge in [0.15, 0.2) is 0 Å². The van der Waals surface area contributed by atoms with E-state index >= 15 is 0 Å². The first kappa shape index (κ1) is 12.2. The molecule has 0 saturated carbocycles. The molecule has 7 heteroatoms. The van der Waals surface area contributed by atoms with Gasteiger partial charge in [-0.25, -0.2) is 4.79 Å². The van der Waals surface area contributed by atoms with Crippen molar-refractivity contribution in [2.45, 2.75) is 24.8 Å². The Labute approximate surface area is 110 Å². The van der Waals surface area contributed by atoms with Gasteiger partial charge in [-0.15, -0.1) is 0 Å². The third-order valence-electron chi connectivity index (χ3n) is 3.81. The molecule has 2 aliphatic heterocycles. The van der Waals surface area contributed by atoms with E-state index < -0.39 is 5.54 Å². The van der Waals surface area contributed by atoms with Gasteiger partial charge >= 0.3 is 6.03 Å². The molecule has 2 fully saturated rings. The van der Waals surface area contributed by atoms with Crippen molar-refractivity contribution < 1.29 is 14.1 Å². The minimum atomic E-state index is -0.684. The van der Waals surface area contributed by atoms with Crippen molar-refractivity contribution in [1.82, 2.24) is 20.7 Å². The maximum atomic E-state index is 12.4. The lowest BCUT2D eigenvalue weighted by Crippen LogP contribution is -2.53. The summed E-state index contributed by atoms with van der Waals surface area (Å²) >= 11 is 0. The molecule has 0 unspecified atom stereocenters. The Morgan fingerprint density at radius 2 is 2.16 bits per heavy atom. The van der Waals surface area contributed by atoms with E-state index in [9.17, 15) is 9.59 Å². The Morgan fingerprint density at radius 1 is 1.37 bits per heavy atom. The summed E-state index contributed by atoms with van der Waals surface area (Å²) in [5, 5.41) is 9.66. The van der Waals surface area contributed by atoms with Crippen molar-refractivity contribution in [3.05, 3.63) is 18.0 Å². The highest BCUT2D eigenvalue weighted by Gasteiger charge is 2.50. The lowest BCUT2D eigenvalue weighted by atomic mass is 9.88. The molecule has 0 aliphatic carbocycles. The van der Waals surface area contributed by atoms with Crippen LogP contribution < -0.4 is 10.6 Å². The van der Waals surface area contributed by atoms with Crippen LogP contribution in [0, 0.1) is 0 Å². The highest BCUT2D eigenvalue weighted by molar-refractivity contribution is 6.07. The van der Waals surface area contributed by atoms with Crippen molar-refractivity contribution in [2.75, 3.05) is 19.6 Å². The third-order valence-corrected chi connectivity index (χ3v) is 3.81. The summed E-state index contributed by atoms with van der Waals surface area (Å²) in [5.74, 6) is -0.101. The zero-order valence-corrected chi connectivity index (χ0v) is 10.5. The number of piperidine rings is 1. The highest BCUT2D eigenvalue weighted by atomic mass is 16.5. The van der Waals surface area contributed by atoms with E-state index in [-0.39, 0.29) is 11.9 Å². The van der Waals surface area contributed by atoms with Gasteiger partial charge in [-0.1, -0.05) is 5.16 Å². The van der Waals surface area contributed by atoms with E-state index in [4.69, 9.17) is 4.52 Å². The minimum Gasteiger partial charge on any atom is -0.364 e. The van der Waals surface area contributed by atoms with Crippen LogP contribution in [0.1, 0.15) is 18.4 Å². The van der Waals surface area contributed by atoms with E-state index in [2.05, 4.69) is 15.8 Å². The predicted octanol–water partition coefficient (Wildman–Crippen LogP) is -0.109. The topological polar surface area (TPSA) is 87.5 Å². The molecule has 19 heavy (non-hydrogen) atoms. The fraction of sp³-hybridized carbons (Fsp3) is 0.583. The van der Waals surface area contributed by atoms with Gasteiger partial charge in [0.05, 0.1) is 6.20 Å². The molecule has 7 nitrogen and oxygen atoms in total. The molecule has 0 radical (unpaired) electrons. The van der Waals surface area contributed by atoms with Gasteiger partial charge in [-0.2, -0.15) is 0 Å². The normalized spacial score (nSPS) is 22.0. The van der Waals surface area contributed by atoms with Crippen LogP contribution in [0.3, 0.4) is 0 Å². The summed E-state index contributed by atoms with van der Waals surface area (Å²) in [6.07, 6.45) is 5.00. The van der Waals surface area contributed by atoms with Gasteiger partial charge in [0, 0.05) is 12.1 Å². The number of hydrogen-bond donors (Lipinski definition) is 2. The quantitative estimate of drug-likeness (QED) is 0.744. The number of nitrogens with one attached hydrogen (secondary N) is 2. The molecule has 1 aromatic rings. The Morgan fingerprint density at radius 3 is 2.84 bits per heavy atom. The van der Waals surface area contributed by atoms with E-state index in [0.717, 1.165) is 18.7 Å². The Hall–Kier alpha value is -1.89. The van der Waals surface area contributed by atoms with Crippen LogP contribution >= 0.6 is 0 Å². The van der Waals surface area contributed by atoms with Gasteiger partial charge in [-0.05, 0) is 32.4 Å². The Balaban J connectivity index is 1.68. The number of carbonyl (C=O) groups excluding carboxylic acids is 2. The summed E-state index contributed by atoms with van der Waals surface area (Å²) in [4.78, 5) is 25.7. The molecule has 2 saturated heterocycles. The molecule has 1 spiro atoms. The van der Waals surface area contributed by atoms with E-state index in [1.54, 1.807) is 6.20 Å². The number of urea groups is 1. The van der Waals surface area contributed by atoms with Crippen LogP contribution in [0.5, 0.6) is 0 Å². The van der Waals surface area contributed by atoms with Gasteiger partial charge in [-0.3, -0.25) is 9.69 Å². The van der Waals surface area contributed by atoms with Crippen molar-refractivity contribution in [3.63, 3.8) is 0 Å². The van der Waals surface area contributed by atoms with Crippen molar-refractivity contribution >= 4 is 11.9 Å². The maximum absolute atomic E-state index is 12.4. The second-order valence-electron chi connectivity index (χ2n) is 5.00. The molecule has 0 aromatic carbocycles. The van der Waals surface area contributed by atoms with Gasteiger partial charge < -0.3 is 15.2 Å². The predicted molar refractivity (Wildman–Crippen MR) is 65.3 cm³/mol. The molecule has 3 rings (SSSR count). The molecule has 1 aromatic heterocycles.